The molecule has 0 spiro atoms. The van der Waals surface area contributed by atoms with Gasteiger partial charge in [0.25, 0.3) is 0 Å². The largest absolute Gasteiger partial charge is 0.491 e. The summed E-state index contributed by atoms with van der Waals surface area (Å²) in [4.78, 5) is 11.6. The van der Waals surface area contributed by atoms with Gasteiger partial charge in [0.15, 0.2) is 0 Å². The van der Waals surface area contributed by atoms with E-state index in [2.05, 4.69) is 0 Å². The Balaban J connectivity index is 2.49. The normalized spacial score (nSPS) is 19.3. The van der Waals surface area contributed by atoms with Crippen molar-refractivity contribution in [1.29, 1.82) is 0 Å². The van der Waals surface area contributed by atoms with Crippen molar-refractivity contribution < 1.29 is 9.53 Å². The summed E-state index contributed by atoms with van der Waals surface area (Å²) in [6, 6.07) is 5.64. The second-order valence-corrected chi connectivity index (χ2v) is 5.04. The minimum Gasteiger partial charge on any atom is -0.491 e. The summed E-state index contributed by atoms with van der Waals surface area (Å²) in [7, 11) is 0. The van der Waals surface area contributed by atoms with Crippen LogP contribution in [-0.2, 0) is 4.79 Å². The average Bonchev–Trinajstić information content (AvgIpc) is 2.28. The number of primary amides is 1. The second-order valence-electron chi connectivity index (χ2n) is 5.04. The maximum atomic E-state index is 11.6. The second kappa shape index (κ2) is 3.95. The number of para-hydroxylation sites is 1. The first-order valence-electron chi connectivity index (χ1n) is 5.75. The molecule has 0 radical (unpaired) electrons. The zero-order valence-electron chi connectivity index (χ0n) is 10.2. The number of benzene rings is 1. The third kappa shape index (κ3) is 1.84. The van der Waals surface area contributed by atoms with Crippen LogP contribution in [0.4, 0.5) is 5.69 Å². The number of fused-ring (bicyclic) bond motifs is 1. The lowest BCUT2D eigenvalue weighted by molar-refractivity contribution is -0.127. The Kier molecular flexibility index (Phi) is 2.73. The molecule has 4 N–H and O–H groups in total. The molecule has 4 heteroatoms. The molecule has 1 atom stereocenters. The molecule has 1 aliphatic heterocycles. The predicted octanol–water partition coefficient (Wildman–Crippen LogP) is 1.65. The van der Waals surface area contributed by atoms with E-state index in [1.807, 2.05) is 26.0 Å². The van der Waals surface area contributed by atoms with Crippen molar-refractivity contribution in [3.63, 3.8) is 0 Å². The molecule has 4 nitrogen and oxygen atoms in total. The molecule has 1 aliphatic rings. The molecule has 0 fully saturated rings. The van der Waals surface area contributed by atoms with Crippen molar-refractivity contribution in [3.8, 4) is 5.75 Å². The minimum atomic E-state index is -0.591. The van der Waals surface area contributed by atoms with Crippen LogP contribution in [0.3, 0.4) is 0 Å². The Labute approximate surface area is 101 Å². The maximum Gasteiger partial charge on any atom is 0.223 e. The Hall–Kier alpha value is -1.71. The first-order chi connectivity index (χ1) is 7.94. The highest BCUT2D eigenvalue weighted by molar-refractivity contribution is 5.81. The maximum absolute atomic E-state index is 11.6. The van der Waals surface area contributed by atoms with Gasteiger partial charge < -0.3 is 16.2 Å². The SMILES string of the molecule is CC(C)(C(N)=O)C1CCOc2c(N)cccc21. The molecule has 1 heterocycles. The number of hydrogen-bond donors (Lipinski definition) is 2. The van der Waals surface area contributed by atoms with E-state index in [-0.39, 0.29) is 11.8 Å². The summed E-state index contributed by atoms with van der Waals surface area (Å²) in [6.45, 7) is 4.32. The molecule has 92 valence electrons. The molecule has 0 saturated carbocycles. The van der Waals surface area contributed by atoms with Gasteiger partial charge in [-0.25, -0.2) is 0 Å². The van der Waals surface area contributed by atoms with E-state index in [0.29, 0.717) is 18.0 Å². The van der Waals surface area contributed by atoms with E-state index in [1.165, 1.54) is 0 Å². The quantitative estimate of drug-likeness (QED) is 0.764. The molecule has 17 heavy (non-hydrogen) atoms. The first-order valence-corrected chi connectivity index (χ1v) is 5.75. The monoisotopic (exact) mass is 234 g/mol. The van der Waals surface area contributed by atoms with Crippen molar-refractivity contribution in [2.45, 2.75) is 26.2 Å². The van der Waals surface area contributed by atoms with Crippen molar-refractivity contribution >= 4 is 11.6 Å². The highest BCUT2D eigenvalue weighted by atomic mass is 16.5. The van der Waals surface area contributed by atoms with Crippen LogP contribution < -0.4 is 16.2 Å². The standard InChI is InChI=1S/C13H18N2O2/c1-13(2,12(15)16)9-6-7-17-11-8(9)4-3-5-10(11)14/h3-5,9H,6-7,14H2,1-2H3,(H2,15,16). The van der Waals surface area contributed by atoms with Crippen LogP contribution in [0, 0.1) is 5.41 Å². The van der Waals surface area contributed by atoms with Crippen LogP contribution >= 0.6 is 0 Å². The third-order valence-corrected chi connectivity index (χ3v) is 3.61. The number of anilines is 1. The number of nitrogen functional groups attached to an aromatic ring is 1. The van der Waals surface area contributed by atoms with Crippen LogP contribution in [0.5, 0.6) is 5.75 Å². The van der Waals surface area contributed by atoms with Gasteiger partial charge in [-0.05, 0) is 12.5 Å². The first kappa shape index (κ1) is 11.8. The molecule has 0 aromatic heterocycles. The van der Waals surface area contributed by atoms with Gasteiger partial charge >= 0.3 is 0 Å². The number of carbonyl (C=O) groups is 1. The van der Waals surface area contributed by atoms with Gasteiger partial charge in [0.2, 0.25) is 5.91 Å². The van der Waals surface area contributed by atoms with Crippen LogP contribution in [0.25, 0.3) is 0 Å². The predicted molar refractivity (Wildman–Crippen MR) is 66.7 cm³/mol. The van der Waals surface area contributed by atoms with Gasteiger partial charge in [-0.1, -0.05) is 26.0 Å². The van der Waals surface area contributed by atoms with Crippen molar-refractivity contribution in [1.82, 2.24) is 0 Å². The Morgan fingerprint density at radius 2 is 2.18 bits per heavy atom. The van der Waals surface area contributed by atoms with E-state index < -0.39 is 5.41 Å². The number of hydrogen-bond acceptors (Lipinski definition) is 3. The molecule has 1 unspecified atom stereocenters. The average molecular weight is 234 g/mol. The number of rotatable bonds is 2. The number of ether oxygens (including phenoxy) is 1. The summed E-state index contributed by atoms with van der Waals surface area (Å²) >= 11 is 0. The smallest absolute Gasteiger partial charge is 0.223 e. The molecule has 0 bridgehead atoms. The molecular weight excluding hydrogens is 216 g/mol. The summed E-state index contributed by atoms with van der Waals surface area (Å²) < 4.78 is 5.58. The number of nitrogens with two attached hydrogens (primary N) is 2. The zero-order chi connectivity index (χ0) is 12.6. The lowest BCUT2D eigenvalue weighted by Crippen LogP contribution is -2.39. The molecular formula is C13H18N2O2. The van der Waals surface area contributed by atoms with Crippen LogP contribution in [0.15, 0.2) is 18.2 Å². The van der Waals surface area contributed by atoms with Crippen molar-refractivity contribution in [3.05, 3.63) is 23.8 Å². The fraction of sp³-hybridized carbons (Fsp3) is 0.462. The number of carbonyl (C=O) groups excluding carboxylic acids is 1. The highest BCUT2D eigenvalue weighted by Gasteiger charge is 2.39. The topological polar surface area (TPSA) is 78.3 Å². The van der Waals surface area contributed by atoms with E-state index in [0.717, 1.165) is 12.0 Å². The fourth-order valence-electron chi connectivity index (χ4n) is 2.37. The highest BCUT2D eigenvalue weighted by Crippen LogP contribution is 2.46. The summed E-state index contributed by atoms with van der Waals surface area (Å²) in [5, 5.41) is 0. The van der Waals surface area contributed by atoms with Crippen molar-refractivity contribution in [2.75, 3.05) is 12.3 Å². The van der Waals surface area contributed by atoms with Crippen molar-refractivity contribution in [2.24, 2.45) is 11.1 Å². The van der Waals surface area contributed by atoms with E-state index >= 15 is 0 Å². The van der Waals surface area contributed by atoms with Crippen LogP contribution in [0.2, 0.25) is 0 Å². The Bertz CT molecular complexity index is 455. The molecule has 0 aliphatic carbocycles. The van der Waals surface area contributed by atoms with E-state index in [9.17, 15) is 4.79 Å². The van der Waals surface area contributed by atoms with Gasteiger partial charge in [-0.15, -0.1) is 0 Å². The molecule has 2 rings (SSSR count). The minimum absolute atomic E-state index is 0.0623. The van der Waals surface area contributed by atoms with Gasteiger partial charge in [0.05, 0.1) is 17.7 Å². The van der Waals surface area contributed by atoms with E-state index in [1.54, 1.807) is 6.07 Å². The van der Waals surface area contributed by atoms with Crippen LogP contribution in [0.1, 0.15) is 31.7 Å². The lowest BCUT2D eigenvalue weighted by Gasteiger charge is -2.36. The molecule has 0 saturated heterocycles. The van der Waals surface area contributed by atoms with E-state index in [4.69, 9.17) is 16.2 Å². The summed E-state index contributed by atoms with van der Waals surface area (Å²) in [5.41, 5.74) is 12.4. The van der Waals surface area contributed by atoms with Gasteiger partial charge in [-0.3, -0.25) is 4.79 Å². The fourth-order valence-corrected chi connectivity index (χ4v) is 2.37. The lowest BCUT2D eigenvalue weighted by atomic mass is 9.71. The Morgan fingerprint density at radius 1 is 1.47 bits per heavy atom. The molecule has 1 aromatic carbocycles. The van der Waals surface area contributed by atoms with Crippen LogP contribution in [-0.4, -0.2) is 12.5 Å². The Morgan fingerprint density at radius 3 is 2.82 bits per heavy atom. The van der Waals surface area contributed by atoms with Gasteiger partial charge in [-0.2, -0.15) is 0 Å². The number of amides is 1. The van der Waals surface area contributed by atoms with Gasteiger partial charge in [0, 0.05) is 11.5 Å². The molecule has 1 aromatic rings. The summed E-state index contributed by atoms with van der Waals surface area (Å²) in [6.07, 6.45) is 0.784. The third-order valence-electron chi connectivity index (χ3n) is 3.61. The molecule has 1 amide bonds. The summed E-state index contributed by atoms with van der Waals surface area (Å²) in [5.74, 6) is 0.475. The zero-order valence-corrected chi connectivity index (χ0v) is 10.2. The van der Waals surface area contributed by atoms with Gasteiger partial charge in [0.1, 0.15) is 5.75 Å².